The van der Waals surface area contributed by atoms with Crippen LogP contribution in [0.3, 0.4) is 0 Å². The molecule has 0 aliphatic carbocycles. The van der Waals surface area contributed by atoms with Gasteiger partial charge in [-0.05, 0) is 38.0 Å². The highest BCUT2D eigenvalue weighted by Gasteiger charge is 2.16. The van der Waals surface area contributed by atoms with Crippen LogP contribution in [0.1, 0.15) is 29.6 Å². The highest BCUT2D eigenvalue weighted by molar-refractivity contribution is 7.99. The zero-order chi connectivity index (χ0) is 18.5. The maximum Gasteiger partial charge on any atom is 0.277 e. The van der Waals surface area contributed by atoms with Crippen LogP contribution >= 0.6 is 23.1 Å². The fourth-order valence-corrected chi connectivity index (χ4v) is 3.86. The Labute approximate surface area is 160 Å². The third kappa shape index (κ3) is 4.70. The molecular weight excluding hydrogens is 368 g/mol. The minimum absolute atomic E-state index is 0.109. The van der Waals surface area contributed by atoms with Crippen molar-refractivity contribution in [3.63, 3.8) is 0 Å². The molecule has 1 aromatic carbocycles. The molecule has 0 atom stereocenters. The van der Waals surface area contributed by atoms with Gasteiger partial charge in [0.1, 0.15) is 4.88 Å². The molecule has 0 aliphatic rings. The van der Waals surface area contributed by atoms with E-state index in [-0.39, 0.29) is 11.7 Å². The second kappa shape index (κ2) is 8.46. The minimum atomic E-state index is -0.109. The Morgan fingerprint density at radius 1 is 1.23 bits per heavy atom. The molecule has 6 nitrogen and oxygen atoms in total. The molecule has 1 amide bonds. The van der Waals surface area contributed by atoms with Gasteiger partial charge in [-0.1, -0.05) is 37.2 Å². The highest BCUT2D eigenvalue weighted by Crippen LogP contribution is 2.30. The van der Waals surface area contributed by atoms with Crippen LogP contribution < -0.4 is 5.32 Å². The highest BCUT2D eigenvalue weighted by atomic mass is 32.2. The summed E-state index contributed by atoms with van der Waals surface area (Å²) in [6.07, 6.45) is 2.15. The molecule has 0 radical (unpaired) electrons. The molecule has 26 heavy (non-hydrogen) atoms. The number of anilines is 1. The van der Waals surface area contributed by atoms with E-state index in [4.69, 9.17) is 4.42 Å². The van der Waals surface area contributed by atoms with Crippen molar-refractivity contribution < 1.29 is 9.21 Å². The maximum absolute atomic E-state index is 12.1. The lowest BCUT2D eigenvalue weighted by molar-refractivity contribution is -0.113. The molecule has 0 bridgehead atoms. The Bertz CT molecular complexity index is 887. The standard InChI is InChI=1S/C18H20N4O2S2/c1-4-5-13-6-8-14(9-7-13)20-15(23)10-25-18-22-21-17(24-18)16-11(2)19-12(3)26-16/h6-9H,4-5,10H2,1-3H3,(H,20,23). The van der Waals surface area contributed by atoms with Crippen LogP contribution in [0, 0.1) is 13.8 Å². The summed E-state index contributed by atoms with van der Waals surface area (Å²) in [5.41, 5.74) is 2.93. The first-order chi connectivity index (χ1) is 12.5. The fourth-order valence-electron chi connectivity index (χ4n) is 2.46. The van der Waals surface area contributed by atoms with E-state index in [1.807, 2.05) is 38.1 Å². The molecule has 0 saturated carbocycles. The van der Waals surface area contributed by atoms with Gasteiger partial charge in [0.15, 0.2) is 0 Å². The van der Waals surface area contributed by atoms with Gasteiger partial charge in [-0.25, -0.2) is 4.98 Å². The summed E-state index contributed by atoms with van der Waals surface area (Å²) >= 11 is 2.73. The Morgan fingerprint density at radius 2 is 2.00 bits per heavy atom. The van der Waals surface area contributed by atoms with Crippen molar-refractivity contribution in [3.05, 3.63) is 40.5 Å². The summed E-state index contributed by atoms with van der Waals surface area (Å²) in [6.45, 7) is 5.99. The molecule has 3 aromatic rings. The third-order valence-electron chi connectivity index (χ3n) is 3.61. The van der Waals surface area contributed by atoms with Crippen LogP contribution in [0.5, 0.6) is 0 Å². The number of aromatic nitrogens is 3. The van der Waals surface area contributed by atoms with Crippen LogP contribution in [-0.2, 0) is 11.2 Å². The Kier molecular flexibility index (Phi) is 6.05. The molecule has 1 N–H and O–H groups in total. The largest absolute Gasteiger partial charge is 0.410 e. The van der Waals surface area contributed by atoms with E-state index in [1.165, 1.54) is 28.7 Å². The van der Waals surface area contributed by atoms with E-state index in [1.54, 1.807) is 0 Å². The van der Waals surface area contributed by atoms with Gasteiger partial charge in [0.05, 0.1) is 16.5 Å². The van der Waals surface area contributed by atoms with E-state index in [0.717, 1.165) is 34.1 Å². The first kappa shape index (κ1) is 18.6. The van der Waals surface area contributed by atoms with E-state index >= 15 is 0 Å². The summed E-state index contributed by atoms with van der Waals surface area (Å²) in [7, 11) is 0. The van der Waals surface area contributed by atoms with Crippen molar-refractivity contribution in [2.75, 3.05) is 11.1 Å². The molecule has 0 fully saturated rings. The van der Waals surface area contributed by atoms with Crippen LogP contribution in [0.4, 0.5) is 5.69 Å². The number of thiazole rings is 1. The summed E-state index contributed by atoms with van der Waals surface area (Å²) in [6, 6.07) is 7.92. The normalized spacial score (nSPS) is 10.9. The summed E-state index contributed by atoms with van der Waals surface area (Å²) in [4.78, 5) is 17.3. The first-order valence-electron chi connectivity index (χ1n) is 8.34. The average Bonchev–Trinajstić information content (AvgIpc) is 3.21. The molecule has 0 spiro atoms. The van der Waals surface area contributed by atoms with Crippen LogP contribution in [0.25, 0.3) is 10.8 Å². The molecular formula is C18H20N4O2S2. The minimum Gasteiger partial charge on any atom is -0.410 e. The Hall–Kier alpha value is -2.19. The van der Waals surface area contributed by atoms with Crippen molar-refractivity contribution in [1.82, 2.24) is 15.2 Å². The number of hydrogen-bond acceptors (Lipinski definition) is 7. The van der Waals surface area contributed by atoms with Crippen molar-refractivity contribution >= 4 is 34.7 Å². The van der Waals surface area contributed by atoms with Gasteiger partial charge in [0.25, 0.3) is 11.1 Å². The number of hydrogen-bond donors (Lipinski definition) is 1. The summed E-state index contributed by atoms with van der Waals surface area (Å²) in [5, 5.41) is 12.3. The van der Waals surface area contributed by atoms with E-state index in [9.17, 15) is 4.79 Å². The molecule has 136 valence electrons. The van der Waals surface area contributed by atoms with Crippen molar-refractivity contribution in [3.8, 4) is 10.8 Å². The number of thioether (sulfide) groups is 1. The number of nitrogens with one attached hydrogen (secondary N) is 1. The summed E-state index contributed by atoms with van der Waals surface area (Å²) in [5.74, 6) is 0.546. The molecule has 8 heteroatoms. The summed E-state index contributed by atoms with van der Waals surface area (Å²) < 4.78 is 5.64. The lowest BCUT2D eigenvalue weighted by Gasteiger charge is -2.05. The second-order valence-electron chi connectivity index (χ2n) is 5.80. The van der Waals surface area contributed by atoms with E-state index in [0.29, 0.717) is 11.1 Å². The quantitative estimate of drug-likeness (QED) is 0.601. The SMILES string of the molecule is CCCc1ccc(NC(=O)CSc2nnc(-c3sc(C)nc3C)o2)cc1. The second-order valence-corrected chi connectivity index (χ2v) is 7.93. The van der Waals surface area contributed by atoms with Gasteiger partial charge in [-0.15, -0.1) is 21.5 Å². The molecule has 2 aromatic heterocycles. The zero-order valence-corrected chi connectivity index (χ0v) is 16.5. The number of carbonyl (C=O) groups excluding carboxylic acids is 1. The average molecular weight is 389 g/mol. The van der Waals surface area contributed by atoms with Crippen molar-refractivity contribution in [2.45, 2.75) is 38.8 Å². The van der Waals surface area contributed by atoms with Crippen LogP contribution in [0.2, 0.25) is 0 Å². The van der Waals surface area contributed by atoms with Gasteiger partial charge >= 0.3 is 0 Å². The van der Waals surface area contributed by atoms with Crippen molar-refractivity contribution in [1.29, 1.82) is 0 Å². The molecule has 0 aliphatic heterocycles. The lowest BCUT2D eigenvalue weighted by Crippen LogP contribution is -2.13. The number of benzene rings is 1. The topological polar surface area (TPSA) is 80.9 Å². The van der Waals surface area contributed by atoms with Gasteiger partial charge in [-0.3, -0.25) is 4.79 Å². The fraction of sp³-hybridized carbons (Fsp3) is 0.333. The van der Waals surface area contributed by atoms with Gasteiger partial charge in [0.2, 0.25) is 5.91 Å². The number of amides is 1. The predicted molar refractivity (Wildman–Crippen MR) is 105 cm³/mol. The first-order valence-corrected chi connectivity index (χ1v) is 10.1. The monoisotopic (exact) mass is 388 g/mol. The Morgan fingerprint density at radius 3 is 2.65 bits per heavy atom. The Balaban J connectivity index is 1.54. The number of aryl methyl sites for hydroxylation is 3. The maximum atomic E-state index is 12.1. The van der Waals surface area contributed by atoms with E-state index in [2.05, 4.69) is 27.4 Å². The smallest absolute Gasteiger partial charge is 0.277 e. The number of nitrogens with zero attached hydrogens (tertiary/aromatic N) is 3. The molecule has 3 rings (SSSR count). The zero-order valence-electron chi connectivity index (χ0n) is 14.9. The van der Waals surface area contributed by atoms with Gasteiger partial charge in [-0.2, -0.15) is 0 Å². The van der Waals surface area contributed by atoms with Crippen molar-refractivity contribution in [2.24, 2.45) is 0 Å². The number of carbonyl (C=O) groups is 1. The molecule has 0 unspecified atom stereocenters. The predicted octanol–water partition coefficient (Wildman–Crippen LogP) is 4.49. The number of rotatable bonds is 7. The van der Waals surface area contributed by atoms with E-state index < -0.39 is 0 Å². The van der Waals surface area contributed by atoms with Crippen LogP contribution in [-0.4, -0.2) is 26.8 Å². The van der Waals surface area contributed by atoms with Gasteiger partial charge < -0.3 is 9.73 Å². The van der Waals surface area contributed by atoms with Crippen LogP contribution in [0.15, 0.2) is 33.9 Å². The molecule has 2 heterocycles. The molecule has 0 saturated heterocycles. The lowest BCUT2D eigenvalue weighted by atomic mass is 10.1. The van der Waals surface area contributed by atoms with Gasteiger partial charge in [0, 0.05) is 5.69 Å². The third-order valence-corrected chi connectivity index (χ3v) is 5.49.